The molecule has 3 N–H and O–H groups in total. The maximum Gasteiger partial charge on any atom is 0.226 e. The summed E-state index contributed by atoms with van der Waals surface area (Å²) in [5.41, 5.74) is 5.69. The van der Waals surface area contributed by atoms with Crippen LogP contribution in [-0.4, -0.2) is 45.4 Å². The van der Waals surface area contributed by atoms with Crippen LogP contribution in [0.25, 0.3) is 0 Å². The van der Waals surface area contributed by atoms with Crippen LogP contribution in [0.5, 0.6) is 0 Å². The van der Waals surface area contributed by atoms with Gasteiger partial charge in [0.2, 0.25) is 5.91 Å². The highest BCUT2D eigenvalue weighted by Crippen LogP contribution is 2.15. The fourth-order valence-corrected chi connectivity index (χ4v) is 1.68. The van der Waals surface area contributed by atoms with E-state index in [1.54, 1.807) is 7.11 Å². The zero-order valence-corrected chi connectivity index (χ0v) is 10.4. The first-order valence-electron chi connectivity index (χ1n) is 6.02. The van der Waals surface area contributed by atoms with E-state index in [4.69, 9.17) is 15.2 Å². The van der Waals surface area contributed by atoms with Gasteiger partial charge in [0, 0.05) is 26.3 Å². The van der Waals surface area contributed by atoms with Gasteiger partial charge >= 0.3 is 0 Å². The van der Waals surface area contributed by atoms with Gasteiger partial charge in [-0.25, -0.2) is 0 Å². The molecule has 0 aromatic rings. The molecule has 1 aliphatic carbocycles. The predicted molar refractivity (Wildman–Crippen MR) is 65.5 cm³/mol. The van der Waals surface area contributed by atoms with Crippen molar-refractivity contribution in [3.8, 4) is 0 Å². The van der Waals surface area contributed by atoms with Crippen LogP contribution in [0.4, 0.5) is 0 Å². The molecule has 1 aliphatic rings. The van der Waals surface area contributed by atoms with E-state index in [0.717, 1.165) is 12.8 Å². The number of ether oxygens (including phenoxy) is 2. The van der Waals surface area contributed by atoms with Crippen LogP contribution in [0.2, 0.25) is 0 Å². The molecule has 17 heavy (non-hydrogen) atoms. The Morgan fingerprint density at radius 1 is 1.41 bits per heavy atom. The van der Waals surface area contributed by atoms with Crippen molar-refractivity contribution in [2.24, 2.45) is 11.7 Å². The minimum absolute atomic E-state index is 0.0307. The van der Waals surface area contributed by atoms with Crippen LogP contribution < -0.4 is 11.1 Å². The molecule has 0 fully saturated rings. The van der Waals surface area contributed by atoms with Crippen LogP contribution >= 0.6 is 0 Å². The predicted octanol–water partition coefficient (Wildman–Crippen LogP) is 0.0591. The van der Waals surface area contributed by atoms with E-state index >= 15 is 0 Å². The molecule has 0 spiro atoms. The number of rotatable bonds is 8. The third-order valence-electron chi connectivity index (χ3n) is 2.65. The lowest BCUT2D eigenvalue weighted by molar-refractivity contribution is -0.123. The van der Waals surface area contributed by atoms with Crippen LogP contribution in [0.1, 0.15) is 12.8 Å². The zero-order valence-electron chi connectivity index (χ0n) is 10.4. The van der Waals surface area contributed by atoms with Crippen molar-refractivity contribution in [2.75, 3.05) is 33.5 Å². The first-order chi connectivity index (χ1) is 8.24. The number of carbonyl (C=O) groups excluding carboxylic acids is 1. The van der Waals surface area contributed by atoms with E-state index in [2.05, 4.69) is 5.32 Å². The molecule has 0 bridgehead atoms. The van der Waals surface area contributed by atoms with Gasteiger partial charge in [0.15, 0.2) is 0 Å². The average molecular weight is 242 g/mol. The van der Waals surface area contributed by atoms with Crippen molar-refractivity contribution in [1.29, 1.82) is 0 Å². The number of carbonyl (C=O) groups is 1. The number of hydrogen-bond acceptors (Lipinski definition) is 4. The first kappa shape index (κ1) is 14.2. The highest BCUT2D eigenvalue weighted by Gasteiger charge is 2.21. The lowest BCUT2D eigenvalue weighted by Gasteiger charge is -2.10. The quantitative estimate of drug-likeness (QED) is 0.466. The van der Waals surface area contributed by atoms with Gasteiger partial charge in [-0.3, -0.25) is 4.79 Å². The standard InChI is InChI=1S/C12H22N2O3/c1-16-7-8-17-6-2-5-14-12(15)10-3-4-11(13)9-10/h3-4,10-11H,2,5-9,13H2,1H3,(H,14,15). The third kappa shape index (κ3) is 5.81. The molecule has 1 rings (SSSR count). The maximum atomic E-state index is 11.6. The molecule has 0 saturated carbocycles. The summed E-state index contributed by atoms with van der Waals surface area (Å²) >= 11 is 0. The Kier molecular flexibility index (Phi) is 6.84. The number of hydrogen-bond donors (Lipinski definition) is 2. The van der Waals surface area contributed by atoms with E-state index in [0.29, 0.717) is 26.4 Å². The highest BCUT2D eigenvalue weighted by atomic mass is 16.5. The van der Waals surface area contributed by atoms with Crippen LogP contribution in [0.15, 0.2) is 12.2 Å². The van der Waals surface area contributed by atoms with Crippen molar-refractivity contribution in [3.63, 3.8) is 0 Å². The van der Waals surface area contributed by atoms with E-state index in [-0.39, 0.29) is 17.9 Å². The molecule has 98 valence electrons. The van der Waals surface area contributed by atoms with Gasteiger partial charge in [-0.15, -0.1) is 0 Å². The molecule has 0 aromatic heterocycles. The highest BCUT2D eigenvalue weighted by molar-refractivity contribution is 5.81. The topological polar surface area (TPSA) is 73.6 Å². The fraction of sp³-hybridized carbons (Fsp3) is 0.750. The summed E-state index contributed by atoms with van der Waals surface area (Å²) in [5.74, 6) is 0.00509. The van der Waals surface area contributed by atoms with Gasteiger partial charge < -0.3 is 20.5 Å². The van der Waals surface area contributed by atoms with Gasteiger partial charge in [0.1, 0.15) is 0 Å². The monoisotopic (exact) mass is 242 g/mol. The SMILES string of the molecule is COCCOCCCNC(=O)C1C=CC(N)C1. The van der Waals surface area contributed by atoms with Gasteiger partial charge in [-0.2, -0.15) is 0 Å². The molecular weight excluding hydrogens is 220 g/mol. The molecule has 1 amide bonds. The minimum Gasteiger partial charge on any atom is -0.382 e. The number of methoxy groups -OCH3 is 1. The summed E-state index contributed by atoms with van der Waals surface area (Å²) in [6, 6.07) is 0.0307. The number of nitrogens with one attached hydrogen (secondary N) is 1. The Labute approximate surface area is 102 Å². The molecule has 2 unspecified atom stereocenters. The third-order valence-corrected chi connectivity index (χ3v) is 2.65. The van der Waals surface area contributed by atoms with E-state index < -0.39 is 0 Å². The van der Waals surface area contributed by atoms with Crippen molar-refractivity contribution >= 4 is 5.91 Å². The van der Waals surface area contributed by atoms with Crippen LogP contribution in [-0.2, 0) is 14.3 Å². The lowest BCUT2D eigenvalue weighted by atomic mass is 10.1. The Morgan fingerprint density at radius 2 is 2.24 bits per heavy atom. The van der Waals surface area contributed by atoms with Crippen LogP contribution in [0.3, 0.4) is 0 Å². The number of nitrogens with two attached hydrogens (primary N) is 1. The molecule has 0 radical (unpaired) electrons. The largest absolute Gasteiger partial charge is 0.382 e. The molecule has 2 atom stereocenters. The Hall–Kier alpha value is -0.910. The summed E-state index contributed by atoms with van der Waals surface area (Å²) in [4.78, 5) is 11.6. The average Bonchev–Trinajstić information content (AvgIpc) is 2.74. The van der Waals surface area contributed by atoms with Crippen LogP contribution in [0, 0.1) is 5.92 Å². The number of amides is 1. The second-order valence-corrected chi connectivity index (χ2v) is 4.14. The fourth-order valence-electron chi connectivity index (χ4n) is 1.68. The van der Waals surface area contributed by atoms with Crippen molar-refractivity contribution < 1.29 is 14.3 Å². The van der Waals surface area contributed by atoms with Crippen molar-refractivity contribution in [2.45, 2.75) is 18.9 Å². The van der Waals surface area contributed by atoms with Gasteiger partial charge in [-0.1, -0.05) is 12.2 Å². The lowest BCUT2D eigenvalue weighted by Crippen LogP contribution is -2.31. The molecular formula is C12H22N2O3. The van der Waals surface area contributed by atoms with Crippen molar-refractivity contribution in [3.05, 3.63) is 12.2 Å². The Morgan fingerprint density at radius 3 is 2.88 bits per heavy atom. The second-order valence-electron chi connectivity index (χ2n) is 4.14. The smallest absolute Gasteiger partial charge is 0.226 e. The Bertz CT molecular complexity index is 256. The van der Waals surface area contributed by atoms with Gasteiger partial charge in [-0.05, 0) is 12.8 Å². The Balaban J connectivity index is 1.96. The normalized spacial score (nSPS) is 22.9. The molecule has 0 heterocycles. The zero-order chi connectivity index (χ0) is 12.5. The summed E-state index contributed by atoms with van der Waals surface area (Å²) in [7, 11) is 1.64. The molecule has 5 nitrogen and oxygen atoms in total. The summed E-state index contributed by atoms with van der Waals surface area (Å²) < 4.78 is 10.1. The molecule has 0 aromatic carbocycles. The minimum atomic E-state index is -0.0561. The van der Waals surface area contributed by atoms with Gasteiger partial charge in [0.05, 0.1) is 19.1 Å². The summed E-state index contributed by atoms with van der Waals surface area (Å²) in [6.45, 7) is 2.50. The van der Waals surface area contributed by atoms with Gasteiger partial charge in [0.25, 0.3) is 0 Å². The maximum absolute atomic E-state index is 11.6. The first-order valence-corrected chi connectivity index (χ1v) is 6.02. The molecule has 0 saturated heterocycles. The van der Waals surface area contributed by atoms with E-state index in [1.807, 2.05) is 12.2 Å². The summed E-state index contributed by atoms with van der Waals surface area (Å²) in [5, 5.41) is 2.88. The second kappa shape index (κ2) is 8.22. The van der Waals surface area contributed by atoms with E-state index in [9.17, 15) is 4.79 Å². The molecule has 5 heteroatoms. The molecule has 0 aliphatic heterocycles. The van der Waals surface area contributed by atoms with E-state index in [1.165, 1.54) is 0 Å². The summed E-state index contributed by atoms with van der Waals surface area (Å²) in [6.07, 6.45) is 5.31. The van der Waals surface area contributed by atoms with Crippen molar-refractivity contribution in [1.82, 2.24) is 5.32 Å².